The van der Waals surface area contributed by atoms with Gasteiger partial charge in [0.25, 0.3) is 0 Å². The molecule has 1 aromatic carbocycles. The van der Waals surface area contributed by atoms with Crippen molar-refractivity contribution in [1.82, 2.24) is 5.32 Å². The molecular formula is C11H15ClFNO. The second-order valence-corrected chi connectivity index (χ2v) is 3.48. The lowest BCUT2D eigenvalue weighted by Crippen LogP contribution is -2.26. The Labute approximate surface area is 95.2 Å². The Bertz CT molecular complexity index is 332. The monoisotopic (exact) mass is 231 g/mol. The van der Waals surface area contributed by atoms with Crippen molar-refractivity contribution < 1.29 is 9.13 Å². The average Bonchev–Trinajstić information content (AvgIpc) is 2.19. The maximum Gasteiger partial charge on any atom is 0.129 e. The number of fused-ring (bicyclic) bond motifs is 1. The van der Waals surface area contributed by atoms with Crippen LogP contribution in [0.15, 0.2) is 18.2 Å². The third-order valence-electron chi connectivity index (χ3n) is 2.55. The predicted molar refractivity (Wildman–Crippen MR) is 60.0 cm³/mol. The molecule has 0 bridgehead atoms. The van der Waals surface area contributed by atoms with Gasteiger partial charge in [-0.15, -0.1) is 12.4 Å². The lowest BCUT2D eigenvalue weighted by atomic mass is 9.97. The fourth-order valence-electron chi connectivity index (χ4n) is 1.90. The maximum absolute atomic E-state index is 13.5. The molecule has 1 atom stereocenters. The van der Waals surface area contributed by atoms with Crippen molar-refractivity contribution in [2.45, 2.75) is 12.5 Å². The van der Waals surface area contributed by atoms with Crippen molar-refractivity contribution in [2.24, 2.45) is 0 Å². The molecule has 0 aromatic heterocycles. The van der Waals surface area contributed by atoms with E-state index in [0.717, 1.165) is 17.5 Å². The summed E-state index contributed by atoms with van der Waals surface area (Å²) in [5, 5.41) is 3.01. The van der Waals surface area contributed by atoms with Gasteiger partial charge in [0.2, 0.25) is 0 Å². The third kappa shape index (κ3) is 2.48. The van der Waals surface area contributed by atoms with Crippen LogP contribution in [0.2, 0.25) is 0 Å². The molecule has 0 amide bonds. The van der Waals surface area contributed by atoms with Crippen molar-refractivity contribution in [3.8, 4) is 0 Å². The molecule has 0 radical (unpaired) electrons. The zero-order chi connectivity index (χ0) is 9.97. The second-order valence-electron chi connectivity index (χ2n) is 3.48. The van der Waals surface area contributed by atoms with Gasteiger partial charge in [-0.2, -0.15) is 0 Å². The summed E-state index contributed by atoms with van der Waals surface area (Å²) in [6, 6.07) is 5.23. The summed E-state index contributed by atoms with van der Waals surface area (Å²) in [6.07, 6.45) is 0.678. The van der Waals surface area contributed by atoms with Crippen molar-refractivity contribution in [1.29, 1.82) is 0 Å². The van der Waals surface area contributed by atoms with Gasteiger partial charge in [-0.25, -0.2) is 4.39 Å². The van der Waals surface area contributed by atoms with Crippen molar-refractivity contribution in [2.75, 3.05) is 20.2 Å². The van der Waals surface area contributed by atoms with Gasteiger partial charge in [0.1, 0.15) is 5.82 Å². The Morgan fingerprint density at radius 3 is 3.07 bits per heavy atom. The van der Waals surface area contributed by atoms with E-state index in [1.54, 1.807) is 6.07 Å². The van der Waals surface area contributed by atoms with Crippen LogP contribution in [0.5, 0.6) is 0 Å². The van der Waals surface area contributed by atoms with E-state index < -0.39 is 0 Å². The fourth-order valence-corrected chi connectivity index (χ4v) is 1.90. The zero-order valence-electron chi connectivity index (χ0n) is 8.63. The van der Waals surface area contributed by atoms with E-state index >= 15 is 0 Å². The lowest BCUT2D eigenvalue weighted by Gasteiger charge is -2.26. The maximum atomic E-state index is 13.5. The van der Waals surface area contributed by atoms with E-state index in [1.807, 2.05) is 13.1 Å². The molecule has 2 nitrogen and oxygen atoms in total. The van der Waals surface area contributed by atoms with Crippen molar-refractivity contribution >= 4 is 12.4 Å². The van der Waals surface area contributed by atoms with Crippen LogP contribution in [0.3, 0.4) is 0 Å². The first kappa shape index (κ1) is 12.4. The van der Waals surface area contributed by atoms with Gasteiger partial charge in [0.05, 0.1) is 12.7 Å². The van der Waals surface area contributed by atoms with Gasteiger partial charge in [-0.05, 0) is 25.1 Å². The van der Waals surface area contributed by atoms with E-state index in [9.17, 15) is 4.39 Å². The minimum absolute atomic E-state index is 0. The number of nitrogens with one attached hydrogen (secondary N) is 1. The topological polar surface area (TPSA) is 21.3 Å². The van der Waals surface area contributed by atoms with Gasteiger partial charge in [-0.1, -0.05) is 12.1 Å². The van der Waals surface area contributed by atoms with Crippen LogP contribution in [0.4, 0.5) is 4.39 Å². The first-order valence-electron chi connectivity index (χ1n) is 4.86. The molecule has 1 heterocycles. The number of likely N-dealkylation sites (N-methyl/N-ethyl adjacent to an activating group) is 1. The van der Waals surface area contributed by atoms with E-state index in [4.69, 9.17) is 4.74 Å². The van der Waals surface area contributed by atoms with Gasteiger partial charge in [0.15, 0.2) is 0 Å². The number of halogens is 2. The summed E-state index contributed by atoms with van der Waals surface area (Å²) >= 11 is 0. The number of rotatable bonds is 2. The smallest absolute Gasteiger partial charge is 0.129 e. The molecule has 0 saturated carbocycles. The molecular weight excluding hydrogens is 217 g/mol. The molecule has 0 aliphatic carbocycles. The molecule has 1 aliphatic rings. The summed E-state index contributed by atoms with van der Waals surface area (Å²) in [5.41, 5.74) is 1.81. The van der Waals surface area contributed by atoms with Crippen molar-refractivity contribution in [3.05, 3.63) is 35.1 Å². The van der Waals surface area contributed by atoms with Crippen molar-refractivity contribution in [3.63, 3.8) is 0 Å². The van der Waals surface area contributed by atoms with Crippen LogP contribution in [-0.2, 0) is 11.2 Å². The van der Waals surface area contributed by atoms with E-state index in [-0.39, 0.29) is 24.3 Å². The van der Waals surface area contributed by atoms with Gasteiger partial charge in [-0.3, -0.25) is 0 Å². The Morgan fingerprint density at radius 1 is 1.53 bits per heavy atom. The van der Waals surface area contributed by atoms with Gasteiger partial charge >= 0.3 is 0 Å². The Kier molecular flexibility index (Phi) is 4.51. The number of hydrogen-bond acceptors (Lipinski definition) is 2. The highest BCUT2D eigenvalue weighted by molar-refractivity contribution is 5.85. The Hall–Kier alpha value is -0.640. The fraction of sp³-hybridized carbons (Fsp3) is 0.455. The predicted octanol–water partition coefficient (Wildman–Crippen LogP) is 2.08. The number of hydrogen-bond donors (Lipinski definition) is 1. The summed E-state index contributed by atoms with van der Waals surface area (Å²) in [4.78, 5) is 0. The van der Waals surface area contributed by atoms with Crippen LogP contribution >= 0.6 is 12.4 Å². The molecule has 1 aromatic rings. The molecule has 1 N–H and O–H groups in total. The highest BCUT2D eigenvalue weighted by atomic mass is 35.5. The zero-order valence-corrected chi connectivity index (χ0v) is 9.44. The molecule has 0 unspecified atom stereocenters. The average molecular weight is 232 g/mol. The van der Waals surface area contributed by atoms with Crippen LogP contribution < -0.4 is 5.32 Å². The Balaban J connectivity index is 0.00000112. The molecule has 4 heteroatoms. The van der Waals surface area contributed by atoms with Gasteiger partial charge < -0.3 is 10.1 Å². The van der Waals surface area contributed by atoms with Crippen LogP contribution in [0, 0.1) is 5.82 Å². The summed E-state index contributed by atoms with van der Waals surface area (Å²) in [5.74, 6) is -0.151. The standard InChI is InChI=1S/C11H14FNO.ClH/c1-13-7-10-11-8(5-6-14-10)3-2-4-9(11)12;/h2-4,10,13H,5-7H2,1H3;1H/t10-;/m1./s1. The molecule has 0 saturated heterocycles. The molecule has 84 valence electrons. The van der Waals surface area contributed by atoms with Crippen LogP contribution in [0.1, 0.15) is 17.2 Å². The highest BCUT2D eigenvalue weighted by Gasteiger charge is 2.23. The van der Waals surface area contributed by atoms with Crippen LogP contribution in [-0.4, -0.2) is 20.2 Å². The highest BCUT2D eigenvalue weighted by Crippen LogP contribution is 2.28. The summed E-state index contributed by atoms with van der Waals surface area (Å²) < 4.78 is 19.1. The molecule has 0 fully saturated rings. The first-order valence-corrected chi connectivity index (χ1v) is 4.86. The summed E-state index contributed by atoms with van der Waals surface area (Å²) in [6.45, 7) is 1.34. The van der Waals surface area contributed by atoms with Crippen LogP contribution in [0.25, 0.3) is 0 Å². The molecule has 1 aliphatic heterocycles. The number of ether oxygens (including phenoxy) is 1. The van der Waals surface area contributed by atoms with Gasteiger partial charge in [0, 0.05) is 12.1 Å². The minimum Gasteiger partial charge on any atom is -0.372 e. The molecule has 0 spiro atoms. The van der Waals surface area contributed by atoms with E-state index in [2.05, 4.69) is 5.32 Å². The van der Waals surface area contributed by atoms with E-state index in [0.29, 0.717) is 13.2 Å². The number of benzene rings is 1. The normalized spacial score (nSPS) is 19.2. The minimum atomic E-state index is -0.151. The molecule has 15 heavy (non-hydrogen) atoms. The third-order valence-corrected chi connectivity index (χ3v) is 2.55. The summed E-state index contributed by atoms with van der Waals surface area (Å²) in [7, 11) is 1.85. The second kappa shape index (κ2) is 5.45. The largest absolute Gasteiger partial charge is 0.372 e. The van der Waals surface area contributed by atoms with E-state index in [1.165, 1.54) is 6.07 Å². The quantitative estimate of drug-likeness (QED) is 0.842. The SMILES string of the molecule is CNC[C@H]1OCCc2cccc(F)c21.Cl. The Morgan fingerprint density at radius 2 is 2.33 bits per heavy atom. The first-order chi connectivity index (χ1) is 6.83. The molecule has 2 rings (SSSR count). The lowest BCUT2D eigenvalue weighted by molar-refractivity contribution is 0.0410.